The van der Waals surface area contributed by atoms with Crippen molar-refractivity contribution in [3.8, 4) is 17.7 Å². The van der Waals surface area contributed by atoms with E-state index in [1.165, 1.54) is 0 Å². The standard InChI is InChI=1S/C14H13N5O2/c1-20-9-5-3-2-4-7(9)10-8(6-15)13(17)21-14-11(10)12(16)18-19-14/h2-5,10H,17H2,1H3,(H3,16,18,19). The number of nitrogens with two attached hydrogens (primary N) is 2. The van der Waals surface area contributed by atoms with Crippen molar-refractivity contribution in [2.75, 3.05) is 12.8 Å². The van der Waals surface area contributed by atoms with E-state index in [0.717, 1.165) is 5.56 Å². The molecule has 0 saturated heterocycles. The van der Waals surface area contributed by atoms with Crippen molar-refractivity contribution in [1.29, 1.82) is 5.26 Å². The first-order chi connectivity index (χ1) is 10.2. The lowest BCUT2D eigenvalue weighted by Crippen LogP contribution is -2.21. The summed E-state index contributed by atoms with van der Waals surface area (Å²) >= 11 is 0. The van der Waals surface area contributed by atoms with Crippen molar-refractivity contribution < 1.29 is 9.47 Å². The first-order valence-electron chi connectivity index (χ1n) is 6.21. The van der Waals surface area contributed by atoms with Gasteiger partial charge in [0.1, 0.15) is 23.2 Å². The van der Waals surface area contributed by atoms with Gasteiger partial charge < -0.3 is 20.9 Å². The second-order valence-electron chi connectivity index (χ2n) is 4.52. The molecule has 21 heavy (non-hydrogen) atoms. The van der Waals surface area contributed by atoms with Gasteiger partial charge in [-0.05, 0) is 6.07 Å². The van der Waals surface area contributed by atoms with Gasteiger partial charge in [-0.1, -0.05) is 18.2 Å². The number of aromatic nitrogens is 2. The molecule has 0 spiro atoms. The molecule has 0 saturated carbocycles. The largest absolute Gasteiger partial charge is 0.496 e. The highest BCUT2D eigenvalue weighted by molar-refractivity contribution is 5.63. The van der Waals surface area contributed by atoms with Crippen LogP contribution in [-0.2, 0) is 0 Å². The molecular formula is C14H13N5O2. The number of nitrogen functional groups attached to an aromatic ring is 1. The lowest BCUT2D eigenvalue weighted by molar-refractivity contribution is 0.375. The van der Waals surface area contributed by atoms with Crippen LogP contribution in [0.1, 0.15) is 17.0 Å². The fourth-order valence-electron chi connectivity index (χ4n) is 2.48. The Hall–Kier alpha value is -3.14. The smallest absolute Gasteiger partial charge is 0.246 e. The molecule has 7 nitrogen and oxygen atoms in total. The molecule has 2 heterocycles. The van der Waals surface area contributed by atoms with E-state index in [0.29, 0.717) is 17.1 Å². The minimum atomic E-state index is -0.478. The van der Waals surface area contributed by atoms with Gasteiger partial charge in [-0.2, -0.15) is 5.26 Å². The maximum absolute atomic E-state index is 9.43. The van der Waals surface area contributed by atoms with Crippen molar-refractivity contribution in [2.24, 2.45) is 5.73 Å². The lowest BCUT2D eigenvalue weighted by Gasteiger charge is -2.24. The molecule has 1 aromatic carbocycles. The molecule has 5 N–H and O–H groups in total. The van der Waals surface area contributed by atoms with Crippen LogP contribution in [0.25, 0.3) is 0 Å². The average Bonchev–Trinajstić information content (AvgIpc) is 2.86. The first kappa shape index (κ1) is 12.9. The van der Waals surface area contributed by atoms with Gasteiger partial charge in [0.05, 0.1) is 18.6 Å². The number of allylic oxidation sites excluding steroid dienone is 1. The van der Waals surface area contributed by atoms with Crippen molar-refractivity contribution >= 4 is 5.82 Å². The number of aromatic amines is 1. The van der Waals surface area contributed by atoms with Crippen molar-refractivity contribution in [3.05, 3.63) is 46.8 Å². The molecule has 0 aliphatic carbocycles. The number of para-hydroxylation sites is 1. The molecule has 0 bridgehead atoms. The SMILES string of the molecule is COc1ccccc1C1C(C#N)=C(N)Oc2n[nH]c(N)c21. The van der Waals surface area contributed by atoms with Gasteiger partial charge in [-0.15, -0.1) is 5.10 Å². The van der Waals surface area contributed by atoms with E-state index >= 15 is 0 Å². The molecular weight excluding hydrogens is 270 g/mol. The van der Waals surface area contributed by atoms with Gasteiger partial charge >= 0.3 is 0 Å². The molecule has 1 aliphatic heterocycles. The molecule has 0 fully saturated rings. The first-order valence-corrected chi connectivity index (χ1v) is 6.21. The summed E-state index contributed by atoms with van der Waals surface area (Å²) in [5, 5.41) is 16.1. The van der Waals surface area contributed by atoms with E-state index in [1.54, 1.807) is 7.11 Å². The quantitative estimate of drug-likeness (QED) is 0.761. The highest BCUT2D eigenvalue weighted by Crippen LogP contribution is 2.46. The number of nitrogens with one attached hydrogen (secondary N) is 1. The van der Waals surface area contributed by atoms with E-state index in [4.69, 9.17) is 20.9 Å². The molecule has 1 unspecified atom stereocenters. The Morgan fingerprint density at radius 2 is 2.14 bits per heavy atom. The number of H-pyrrole nitrogens is 1. The Bertz CT molecular complexity index is 772. The summed E-state index contributed by atoms with van der Waals surface area (Å²) in [5.74, 6) is 0.790. The fourth-order valence-corrected chi connectivity index (χ4v) is 2.48. The van der Waals surface area contributed by atoms with E-state index in [1.807, 2.05) is 24.3 Å². The van der Waals surface area contributed by atoms with Gasteiger partial charge in [-0.25, -0.2) is 0 Å². The van der Waals surface area contributed by atoms with E-state index < -0.39 is 5.92 Å². The van der Waals surface area contributed by atoms with Gasteiger partial charge in [0.2, 0.25) is 11.8 Å². The van der Waals surface area contributed by atoms with Crippen molar-refractivity contribution in [1.82, 2.24) is 10.2 Å². The summed E-state index contributed by atoms with van der Waals surface area (Å²) in [7, 11) is 1.57. The second-order valence-corrected chi connectivity index (χ2v) is 4.52. The number of ether oxygens (including phenoxy) is 2. The number of hydrogen-bond acceptors (Lipinski definition) is 6. The molecule has 3 rings (SSSR count). The van der Waals surface area contributed by atoms with Gasteiger partial charge in [0.25, 0.3) is 0 Å². The molecule has 1 atom stereocenters. The Morgan fingerprint density at radius 3 is 2.86 bits per heavy atom. The number of methoxy groups -OCH3 is 1. The Kier molecular flexibility index (Phi) is 2.92. The molecule has 2 aromatic rings. The van der Waals surface area contributed by atoms with Crippen LogP contribution < -0.4 is 20.9 Å². The predicted molar refractivity (Wildman–Crippen MR) is 75.3 cm³/mol. The maximum Gasteiger partial charge on any atom is 0.246 e. The molecule has 0 radical (unpaired) electrons. The van der Waals surface area contributed by atoms with Crippen LogP contribution >= 0.6 is 0 Å². The number of hydrogen-bond donors (Lipinski definition) is 3. The molecule has 1 aliphatic rings. The lowest BCUT2D eigenvalue weighted by atomic mass is 9.84. The van der Waals surface area contributed by atoms with Crippen LogP contribution in [0.3, 0.4) is 0 Å². The minimum Gasteiger partial charge on any atom is -0.496 e. The van der Waals surface area contributed by atoms with E-state index in [9.17, 15) is 5.26 Å². The Morgan fingerprint density at radius 1 is 1.38 bits per heavy atom. The van der Waals surface area contributed by atoms with E-state index in [2.05, 4.69) is 16.3 Å². The zero-order chi connectivity index (χ0) is 15.0. The summed E-state index contributed by atoms with van der Waals surface area (Å²) in [5.41, 5.74) is 13.4. The van der Waals surface area contributed by atoms with Gasteiger partial charge in [0.15, 0.2) is 0 Å². The van der Waals surface area contributed by atoms with Gasteiger partial charge in [0, 0.05) is 5.56 Å². The number of nitrogens with zero attached hydrogens (tertiary/aromatic N) is 2. The zero-order valence-corrected chi connectivity index (χ0v) is 11.3. The molecule has 0 amide bonds. The van der Waals surface area contributed by atoms with Crippen LogP contribution in [0.2, 0.25) is 0 Å². The van der Waals surface area contributed by atoms with Crippen molar-refractivity contribution in [3.63, 3.8) is 0 Å². The maximum atomic E-state index is 9.43. The number of benzene rings is 1. The second kappa shape index (κ2) is 4.76. The summed E-state index contributed by atoms with van der Waals surface area (Å²) in [4.78, 5) is 0. The van der Waals surface area contributed by atoms with Crippen LogP contribution in [0.4, 0.5) is 5.82 Å². The minimum absolute atomic E-state index is 0.0207. The van der Waals surface area contributed by atoms with Crippen LogP contribution in [0.5, 0.6) is 11.6 Å². The van der Waals surface area contributed by atoms with E-state index in [-0.39, 0.29) is 17.3 Å². The summed E-state index contributed by atoms with van der Waals surface area (Å²) in [6.45, 7) is 0. The summed E-state index contributed by atoms with van der Waals surface area (Å²) in [6.07, 6.45) is 0. The van der Waals surface area contributed by atoms with Crippen molar-refractivity contribution in [2.45, 2.75) is 5.92 Å². The fraction of sp³-hybridized carbons (Fsp3) is 0.143. The predicted octanol–water partition coefficient (Wildman–Crippen LogP) is 1.22. The van der Waals surface area contributed by atoms with Crippen LogP contribution in [0.15, 0.2) is 35.7 Å². The average molecular weight is 283 g/mol. The zero-order valence-electron chi connectivity index (χ0n) is 11.3. The van der Waals surface area contributed by atoms with Crippen LogP contribution in [-0.4, -0.2) is 17.3 Å². The molecule has 7 heteroatoms. The number of rotatable bonds is 2. The third kappa shape index (κ3) is 1.85. The summed E-state index contributed by atoms with van der Waals surface area (Å²) < 4.78 is 10.7. The van der Waals surface area contributed by atoms with Crippen LogP contribution in [0, 0.1) is 11.3 Å². The number of anilines is 1. The Labute approximate surface area is 120 Å². The Balaban J connectivity index is 2.28. The number of fused-ring (bicyclic) bond motifs is 1. The summed E-state index contributed by atoms with van der Waals surface area (Å²) in [6, 6.07) is 9.46. The molecule has 106 valence electrons. The highest BCUT2D eigenvalue weighted by Gasteiger charge is 2.36. The topological polar surface area (TPSA) is 123 Å². The third-order valence-corrected chi connectivity index (χ3v) is 3.42. The third-order valence-electron chi connectivity index (χ3n) is 3.42. The highest BCUT2D eigenvalue weighted by atomic mass is 16.5. The van der Waals surface area contributed by atoms with Gasteiger partial charge in [-0.3, -0.25) is 5.10 Å². The monoisotopic (exact) mass is 283 g/mol. The normalized spacial score (nSPS) is 16.9. The molecule has 1 aromatic heterocycles. The number of nitriles is 1.